The first-order valence-electron chi connectivity index (χ1n) is 6.60. The Morgan fingerprint density at radius 2 is 1.72 bits per heavy atom. The van der Waals surface area contributed by atoms with Crippen molar-refractivity contribution in [3.63, 3.8) is 0 Å². The van der Waals surface area contributed by atoms with Gasteiger partial charge in [-0.3, -0.25) is 10.1 Å². The molecule has 0 radical (unpaired) electrons. The van der Waals surface area contributed by atoms with Gasteiger partial charge in [0.05, 0.1) is 9.82 Å². The second-order valence-electron chi connectivity index (χ2n) is 4.74. The molecule has 9 nitrogen and oxygen atoms in total. The lowest BCUT2D eigenvalue weighted by Gasteiger charge is -2.14. The lowest BCUT2D eigenvalue weighted by molar-refractivity contribution is -0.384. The van der Waals surface area contributed by atoms with Crippen LogP contribution in [-0.2, 0) is 14.6 Å². The van der Waals surface area contributed by atoms with E-state index in [2.05, 4.69) is 0 Å². The molecule has 2 N–H and O–H groups in total. The Morgan fingerprint density at radius 3 is 2.24 bits per heavy atom. The highest BCUT2D eigenvalue weighted by molar-refractivity contribution is 7.89. The zero-order chi connectivity index (χ0) is 18.7. The predicted octanol–water partition coefficient (Wildman–Crippen LogP) is 2.75. The predicted molar refractivity (Wildman–Crippen MR) is 90.2 cm³/mol. The highest BCUT2D eigenvalue weighted by atomic mass is 35.5. The van der Waals surface area contributed by atoms with Gasteiger partial charge in [-0.15, -0.1) is 0 Å². The minimum Gasteiger partial charge on any atom is -0.424 e. The third-order valence-electron chi connectivity index (χ3n) is 2.87. The summed E-state index contributed by atoms with van der Waals surface area (Å²) in [5, 5.41) is 10.9. The molecule has 0 aromatic heterocycles. The van der Waals surface area contributed by atoms with E-state index in [1.54, 1.807) is 0 Å². The molecule has 2 rings (SSSR count). The molecule has 2 aromatic carbocycles. The molecule has 12 heteroatoms. The number of non-ortho nitro benzene ring substituents is 1. The first kappa shape index (κ1) is 19.4. The largest absolute Gasteiger partial charge is 0.424 e. The highest BCUT2D eigenvalue weighted by Crippen LogP contribution is 2.41. The zero-order valence-electron chi connectivity index (χ0n) is 12.4. The van der Waals surface area contributed by atoms with E-state index in [-0.39, 0.29) is 16.3 Å². The number of rotatable bonds is 7. The smallest absolute Gasteiger partial charge is 0.391 e. The van der Waals surface area contributed by atoms with E-state index in [9.17, 15) is 28.0 Å². The van der Waals surface area contributed by atoms with Crippen molar-refractivity contribution in [2.75, 3.05) is 6.29 Å². The molecule has 0 saturated carbocycles. The fourth-order valence-electron chi connectivity index (χ4n) is 1.69. The van der Waals surface area contributed by atoms with Crippen LogP contribution in [0.1, 0.15) is 0 Å². The minimum absolute atomic E-state index is 0.109. The summed E-state index contributed by atoms with van der Waals surface area (Å²) in [4.78, 5) is 19.5. The maximum atomic E-state index is 12.0. The third-order valence-corrected chi connectivity index (χ3v) is 5.81. The summed E-state index contributed by atoms with van der Waals surface area (Å²) in [6.45, 7) is 0. The van der Waals surface area contributed by atoms with Gasteiger partial charge < -0.3 is 9.42 Å². The summed E-state index contributed by atoms with van der Waals surface area (Å²) in [5.74, 6) is -0.109. The quantitative estimate of drug-likeness (QED) is 0.410. The average Bonchev–Trinajstić information content (AvgIpc) is 2.54. The van der Waals surface area contributed by atoms with Crippen molar-refractivity contribution < 1.29 is 27.3 Å². The van der Waals surface area contributed by atoms with Gasteiger partial charge in [0.1, 0.15) is 12.0 Å². The number of hydrogen-bond donors (Lipinski definition) is 2. The van der Waals surface area contributed by atoms with Gasteiger partial charge in [-0.2, -0.15) is 4.72 Å². The standard InChI is InChI=1S/C13H12ClN2O7PS/c14-10-1-7-13(8-2-10)25(21,22)15-9-24(19,20)23-12-5-3-11(4-6-12)16(17)18/h1-8,15H,9H2,(H,19,20). The Labute approximate surface area is 147 Å². The number of nitrogens with one attached hydrogen (secondary N) is 1. The van der Waals surface area contributed by atoms with E-state index < -0.39 is 28.8 Å². The van der Waals surface area contributed by atoms with Gasteiger partial charge in [0.2, 0.25) is 10.0 Å². The second kappa shape index (κ2) is 7.51. The summed E-state index contributed by atoms with van der Waals surface area (Å²) in [6, 6.07) is 9.65. The third kappa shape index (κ3) is 5.52. The molecule has 1 atom stereocenters. The van der Waals surface area contributed by atoms with Crippen LogP contribution in [0.4, 0.5) is 5.69 Å². The van der Waals surface area contributed by atoms with Gasteiger partial charge in [0.25, 0.3) is 5.69 Å². The fraction of sp³-hybridized carbons (Fsp3) is 0.0769. The Bertz CT molecular complexity index is 916. The first-order valence-corrected chi connectivity index (χ1v) is 10.2. The van der Waals surface area contributed by atoms with E-state index in [0.29, 0.717) is 5.02 Å². The Kier molecular flexibility index (Phi) is 5.81. The molecule has 2 aromatic rings. The molecule has 0 saturated heterocycles. The van der Waals surface area contributed by atoms with Crippen LogP contribution in [0.25, 0.3) is 0 Å². The molecule has 0 amide bonds. The summed E-state index contributed by atoms with van der Waals surface area (Å²) in [5.41, 5.74) is -0.219. The molecule has 0 spiro atoms. The van der Waals surface area contributed by atoms with E-state index in [1.807, 2.05) is 4.72 Å². The number of sulfonamides is 1. The number of nitro groups is 1. The van der Waals surface area contributed by atoms with E-state index in [1.165, 1.54) is 24.3 Å². The molecular formula is C13H12ClN2O7PS. The monoisotopic (exact) mass is 406 g/mol. The molecule has 1 unspecified atom stereocenters. The van der Waals surface area contributed by atoms with Gasteiger partial charge in [-0.05, 0) is 36.4 Å². The molecule has 0 bridgehead atoms. The topological polar surface area (TPSA) is 136 Å². The van der Waals surface area contributed by atoms with Crippen molar-refractivity contribution in [3.05, 3.63) is 63.7 Å². The van der Waals surface area contributed by atoms with Gasteiger partial charge in [-0.25, -0.2) is 13.0 Å². The summed E-state index contributed by atoms with van der Waals surface area (Å²) in [6.07, 6.45) is -0.880. The van der Waals surface area contributed by atoms with Gasteiger partial charge in [0.15, 0.2) is 0 Å². The van der Waals surface area contributed by atoms with Crippen LogP contribution in [0.15, 0.2) is 53.4 Å². The van der Waals surface area contributed by atoms with Crippen LogP contribution < -0.4 is 9.25 Å². The van der Waals surface area contributed by atoms with E-state index in [4.69, 9.17) is 16.1 Å². The molecular weight excluding hydrogens is 395 g/mol. The normalized spacial score (nSPS) is 13.8. The second-order valence-corrected chi connectivity index (χ2v) is 8.72. The Morgan fingerprint density at radius 1 is 1.16 bits per heavy atom. The summed E-state index contributed by atoms with van der Waals surface area (Å²) in [7, 11) is -8.40. The number of benzene rings is 2. The van der Waals surface area contributed by atoms with Crippen LogP contribution in [0.3, 0.4) is 0 Å². The van der Waals surface area contributed by atoms with Crippen molar-refractivity contribution in [1.82, 2.24) is 4.72 Å². The molecule has 0 aliphatic rings. The fourth-order valence-corrected chi connectivity index (χ4v) is 4.32. The first-order chi connectivity index (χ1) is 11.6. The van der Waals surface area contributed by atoms with Crippen molar-refractivity contribution in [2.24, 2.45) is 0 Å². The van der Waals surface area contributed by atoms with Crippen molar-refractivity contribution in [1.29, 1.82) is 0 Å². The highest BCUT2D eigenvalue weighted by Gasteiger charge is 2.25. The van der Waals surface area contributed by atoms with Crippen molar-refractivity contribution in [2.45, 2.75) is 4.90 Å². The number of hydrogen-bond acceptors (Lipinski definition) is 6. The molecule has 25 heavy (non-hydrogen) atoms. The van der Waals surface area contributed by atoms with Crippen LogP contribution in [-0.4, -0.2) is 24.5 Å². The van der Waals surface area contributed by atoms with Crippen LogP contribution in [0.5, 0.6) is 5.75 Å². The SMILES string of the molecule is O=[N+]([O-])c1ccc(OP(=O)(O)CNS(=O)(=O)c2ccc(Cl)cc2)cc1. The Hall–Kier alpha value is -1.97. The number of halogens is 1. The van der Waals surface area contributed by atoms with Gasteiger partial charge >= 0.3 is 7.60 Å². The average molecular weight is 407 g/mol. The van der Waals surface area contributed by atoms with E-state index >= 15 is 0 Å². The van der Waals surface area contributed by atoms with E-state index in [0.717, 1.165) is 24.3 Å². The van der Waals surface area contributed by atoms with Crippen molar-refractivity contribution in [3.8, 4) is 5.75 Å². The molecule has 0 aliphatic carbocycles. The lowest BCUT2D eigenvalue weighted by Crippen LogP contribution is -2.25. The minimum atomic E-state index is -4.37. The van der Waals surface area contributed by atoms with Crippen LogP contribution in [0.2, 0.25) is 5.02 Å². The van der Waals surface area contributed by atoms with Crippen LogP contribution in [0, 0.1) is 10.1 Å². The van der Waals surface area contributed by atoms with Gasteiger partial charge in [0, 0.05) is 17.2 Å². The number of nitro benzene ring substituents is 1. The van der Waals surface area contributed by atoms with Gasteiger partial charge in [-0.1, -0.05) is 11.6 Å². The molecule has 0 heterocycles. The maximum Gasteiger partial charge on any atom is 0.391 e. The zero-order valence-corrected chi connectivity index (χ0v) is 14.9. The molecule has 0 fully saturated rings. The maximum absolute atomic E-state index is 12.0. The summed E-state index contributed by atoms with van der Waals surface area (Å²) >= 11 is 5.67. The lowest BCUT2D eigenvalue weighted by atomic mass is 10.3. The molecule has 0 aliphatic heterocycles. The Balaban J connectivity index is 2.04. The van der Waals surface area contributed by atoms with Crippen LogP contribution >= 0.6 is 19.2 Å². The number of nitrogens with zero attached hydrogens (tertiary/aromatic N) is 1. The summed E-state index contributed by atoms with van der Waals surface area (Å²) < 4.78 is 42.9. The molecule has 134 valence electrons. The van der Waals surface area contributed by atoms with Crippen molar-refractivity contribution >= 4 is 34.9 Å².